The van der Waals surface area contributed by atoms with Crippen molar-refractivity contribution in [3.8, 4) is 0 Å². The van der Waals surface area contributed by atoms with Crippen molar-refractivity contribution in [2.24, 2.45) is 5.92 Å². The van der Waals surface area contributed by atoms with Gasteiger partial charge in [0, 0.05) is 6.42 Å². The number of furan rings is 1. The molecule has 1 aliphatic carbocycles. The molecule has 1 aromatic carbocycles. The van der Waals surface area contributed by atoms with Gasteiger partial charge in [-0.1, -0.05) is 30.3 Å². The summed E-state index contributed by atoms with van der Waals surface area (Å²) in [7, 11) is 0. The molecule has 0 aliphatic heterocycles. The Morgan fingerprint density at radius 1 is 1.17 bits per heavy atom. The number of aliphatic hydroxyl groups is 1. The summed E-state index contributed by atoms with van der Waals surface area (Å²) in [6, 6.07) is 14.3. The Hall–Kier alpha value is -1.54. The first-order chi connectivity index (χ1) is 8.84. The van der Waals surface area contributed by atoms with Crippen LogP contribution >= 0.6 is 0 Å². The molecule has 1 heterocycles. The van der Waals surface area contributed by atoms with E-state index in [1.807, 2.05) is 18.2 Å². The van der Waals surface area contributed by atoms with E-state index in [1.54, 1.807) is 6.26 Å². The second-order valence-electron chi connectivity index (χ2n) is 5.10. The minimum atomic E-state index is -0.208. The average molecular weight is 242 g/mol. The lowest BCUT2D eigenvalue weighted by Crippen LogP contribution is -2.11. The lowest BCUT2D eigenvalue weighted by Gasteiger charge is -2.09. The molecule has 2 nitrogen and oxygen atoms in total. The monoisotopic (exact) mass is 242 g/mol. The molecule has 0 amide bonds. The molecule has 2 heteroatoms. The number of benzene rings is 1. The van der Waals surface area contributed by atoms with Crippen LogP contribution < -0.4 is 0 Å². The van der Waals surface area contributed by atoms with Crippen molar-refractivity contribution in [3.05, 3.63) is 60.1 Å². The quantitative estimate of drug-likeness (QED) is 0.872. The second-order valence-corrected chi connectivity index (χ2v) is 5.10. The van der Waals surface area contributed by atoms with Crippen LogP contribution in [0.15, 0.2) is 53.1 Å². The largest absolute Gasteiger partial charge is 0.469 e. The van der Waals surface area contributed by atoms with Crippen LogP contribution in [0, 0.1) is 5.92 Å². The fraction of sp³-hybridized carbons (Fsp3) is 0.375. The van der Waals surface area contributed by atoms with E-state index in [1.165, 1.54) is 5.56 Å². The number of hydrogen-bond acceptors (Lipinski definition) is 2. The van der Waals surface area contributed by atoms with Crippen molar-refractivity contribution < 1.29 is 9.52 Å². The van der Waals surface area contributed by atoms with Gasteiger partial charge >= 0.3 is 0 Å². The maximum absolute atomic E-state index is 10.2. The Bertz CT molecular complexity index is 475. The van der Waals surface area contributed by atoms with Gasteiger partial charge in [-0.05, 0) is 42.4 Å². The first-order valence-corrected chi connectivity index (χ1v) is 6.60. The van der Waals surface area contributed by atoms with E-state index in [9.17, 15) is 5.11 Å². The smallest absolute Gasteiger partial charge is 0.103 e. The fourth-order valence-electron chi connectivity index (χ4n) is 2.68. The van der Waals surface area contributed by atoms with Gasteiger partial charge in [-0.25, -0.2) is 0 Å². The van der Waals surface area contributed by atoms with Crippen molar-refractivity contribution in [1.29, 1.82) is 0 Å². The SMILES string of the molecule is OC(CCc1ccco1)C1CC1c1ccccc1. The Kier molecular flexibility index (Phi) is 3.20. The summed E-state index contributed by atoms with van der Waals surface area (Å²) in [6.07, 6.45) is 4.21. The van der Waals surface area contributed by atoms with E-state index >= 15 is 0 Å². The molecule has 0 saturated heterocycles. The van der Waals surface area contributed by atoms with Crippen LogP contribution in [0.4, 0.5) is 0 Å². The number of aliphatic hydroxyl groups excluding tert-OH is 1. The van der Waals surface area contributed by atoms with Crippen molar-refractivity contribution in [3.63, 3.8) is 0 Å². The summed E-state index contributed by atoms with van der Waals surface area (Å²) in [5.74, 6) is 1.95. The molecular formula is C16H18O2. The molecule has 3 unspecified atom stereocenters. The molecule has 3 rings (SSSR count). The number of hydrogen-bond donors (Lipinski definition) is 1. The maximum atomic E-state index is 10.2. The van der Waals surface area contributed by atoms with E-state index in [4.69, 9.17) is 4.42 Å². The maximum Gasteiger partial charge on any atom is 0.103 e. The third-order valence-electron chi connectivity index (χ3n) is 3.83. The van der Waals surface area contributed by atoms with E-state index in [-0.39, 0.29) is 6.10 Å². The highest BCUT2D eigenvalue weighted by Gasteiger charge is 2.42. The van der Waals surface area contributed by atoms with Crippen molar-refractivity contribution >= 4 is 0 Å². The van der Waals surface area contributed by atoms with Crippen LogP contribution in [0.25, 0.3) is 0 Å². The highest BCUT2D eigenvalue weighted by atomic mass is 16.3. The van der Waals surface area contributed by atoms with Crippen LogP contribution in [0.1, 0.15) is 30.1 Å². The molecule has 0 radical (unpaired) electrons. The van der Waals surface area contributed by atoms with Gasteiger partial charge in [0.2, 0.25) is 0 Å². The lowest BCUT2D eigenvalue weighted by atomic mass is 10.0. The van der Waals surface area contributed by atoms with Gasteiger partial charge in [-0.15, -0.1) is 0 Å². The van der Waals surface area contributed by atoms with Gasteiger partial charge in [0.25, 0.3) is 0 Å². The Labute approximate surface area is 107 Å². The molecule has 1 aliphatic rings. The van der Waals surface area contributed by atoms with E-state index in [2.05, 4.69) is 24.3 Å². The zero-order valence-corrected chi connectivity index (χ0v) is 10.3. The number of rotatable bonds is 5. The molecule has 1 N–H and O–H groups in total. The molecule has 3 atom stereocenters. The molecule has 1 saturated carbocycles. The Balaban J connectivity index is 1.52. The van der Waals surface area contributed by atoms with Gasteiger partial charge < -0.3 is 9.52 Å². The molecule has 0 bridgehead atoms. The summed E-state index contributed by atoms with van der Waals surface area (Å²) in [5, 5.41) is 10.2. The fourth-order valence-corrected chi connectivity index (χ4v) is 2.68. The molecular weight excluding hydrogens is 224 g/mol. The van der Waals surface area contributed by atoms with Crippen LogP contribution in [-0.2, 0) is 6.42 Å². The average Bonchev–Trinajstić information content (AvgIpc) is 3.05. The van der Waals surface area contributed by atoms with Gasteiger partial charge in [-0.2, -0.15) is 0 Å². The highest BCUT2D eigenvalue weighted by molar-refractivity contribution is 5.26. The lowest BCUT2D eigenvalue weighted by molar-refractivity contribution is 0.137. The van der Waals surface area contributed by atoms with Gasteiger partial charge in [-0.3, -0.25) is 0 Å². The molecule has 0 spiro atoms. The predicted molar refractivity (Wildman–Crippen MR) is 70.3 cm³/mol. The Morgan fingerprint density at radius 2 is 2.00 bits per heavy atom. The normalized spacial score (nSPS) is 23.8. The van der Waals surface area contributed by atoms with Crippen LogP contribution in [0.3, 0.4) is 0 Å². The molecule has 94 valence electrons. The van der Waals surface area contributed by atoms with Gasteiger partial charge in [0.15, 0.2) is 0 Å². The first kappa shape index (κ1) is 11.5. The topological polar surface area (TPSA) is 33.4 Å². The van der Waals surface area contributed by atoms with E-state index < -0.39 is 0 Å². The molecule has 2 aromatic rings. The zero-order chi connectivity index (χ0) is 12.4. The van der Waals surface area contributed by atoms with Crippen molar-refractivity contribution in [2.75, 3.05) is 0 Å². The minimum Gasteiger partial charge on any atom is -0.469 e. The summed E-state index contributed by atoms with van der Waals surface area (Å²) in [4.78, 5) is 0. The third kappa shape index (κ3) is 2.49. The van der Waals surface area contributed by atoms with Gasteiger partial charge in [0.05, 0.1) is 12.4 Å². The minimum absolute atomic E-state index is 0.208. The summed E-state index contributed by atoms with van der Waals surface area (Å²) in [5.41, 5.74) is 1.36. The zero-order valence-electron chi connectivity index (χ0n) is 10.3. The predicted octanol–water partition coefficient (Wildman–Crippen LogP) is 3.38. The summed E-state index contributed by atoms with van der Waals surface area (Å²) in [6.45, 7) is 0. The van der Waals surface area contributed by atoms with Crippen LogP contribution in [-0.4, -0.2) is 11.2 Å². The molecule has 1 fully saturated rings. The van der Waals surface area contributed by atoms with Gasteiger partial charge in [0.1, 0.15) is 5.76 Å². The standard InChI is InChI=1S/C16H18O2/c17-16(9-8-13-7-4-10-18-13)15-11-14(15)12-5-2-1-3-6-12/h1-7,10,14-17H,8-9,11H2. The first-order valence-electron chi connectivity index (χ1n) is 6.60. The highest BCUT2D eigenvalue weighted by Crippen LogP contribution is 2.50. The second kappa shape index (κ2) is 4.99. The van der Waals surface area contributed by atoms with Crippen molar-refractivity contribution in [2.45, 2.75) is 31.3 Å². The molecule has 1 aromatic heterocycles. The van der Waals surface area contributed by atoms with E-state index in [0.717, 1.165) is 25.0 Å². The van der Waals surface area contributed by atoms with Crippen molar-refractivity contribution in [1.82, 2.24) is 0 Å². The Morgan fingerprint density at radius 3 is 2.72 bits per heavy atom. The summed E-state index contributed by atoms with van der Waals surface area (Å²) < 4.78 is 5.28. The summed E-state index contributed by atoms with van der Waals surface area (Å²) >= 11 is 0. The van der Waals surface area contributed by atoms with Crippen LogP contribution in [0.5, 0.6) is 0 Å². The van der Waals surface area contributed by atoms with E-state index in [0.29, 0.717) is 11.8 Å². The molecule has 18 heavy (non-hydrogen) atoms. The third-order valence-corrected chi connectivity index (χ3v) is 3.83. The van der Waals surface area contributed by atoms with Crippen LogP contribution in [0.2, 0.25) is 0 Å². The number of aryl methyl sites for hydroxylation is 1.